The van der Waals surface area contributed by atoms with Crippen molar-refractivity contribution >= 4 is 56.0 Å². The lowest BCUT2D eigenvalue weighted by Gasteiger charge is -2.11. The summed E-state index contributed by atoms with van der Waals surface area (Å²) >= 11 is 8.64. The molecule has 0 aliphatic heterocycles. The van der Waals surface area contributed by atoms with Crippen LogP contribution >= 0.6 is 28.1 Å². The molecule has 0 saturated heterocycles. The number of nitrogens with one attached hydrogen (secondary N) is 2. The Morgan fingerprint density at radius 3 is 2.58 bits per heavy atom. The van der Waals surface area contributed by atoms with Gasteiger partial charge >= 0.3 is 0 Å². The third kappa shape index (κ3) is 4.76. The highest BCUT2D eigenvalue weighted by Crippen LogP contribution is 2.27. The van der Waals surface area contributed by atoms with Gasteiger partial charge in [0.1, 0.15) is 11.3 Å². The van der Waals surface area contributed by atoms with Crippen LogP contribution in [0, 0.1) is 6.92 Å². The van der Waals surface area contributed by atoms with Crippen LogP contribution in [0.25, 0.3) is 22.6 Å². The number of rotatable bonds is 4. The standard InChI is InChI=1S/C23H18BrN3O3S/c1-13-3-9-20-18(11-13)26-22(30-20)14-4-7-16(8-5-14)25-23(31)27-21(28)15-6-10-19(29-2)17(24)12-15/h3-12H,1-2H3,(H2,25,27,28,31). The second kappa shape index (κ2) is 8.87. The number of benzene rings is 3. The zero-order valence-corrected chi connectivity index (χ0v) is 19.1. The van der Waals surface area contributed by atoms with E-state index in [2.05, 4.69) is 31.5 Å². The van der Waals surface area contributed by atoms with Crippen LogP contribution in [0.2, 0.25) is 0 Å². The molecule has 0 aliphatic carbocycles. The van der Waals surface area contributed by atoms with Crippen molar-refractivity contribution in [3.63, 3.8) is 0 Å². The Labute approximate surface area is 192 Å². The normalized spacial score (nSPS) is 10.7. The maximum atomic E-state index is 12.4. The van der Waals surface area contributed by atoms with Crippen LogP contribution in [0.5, 0.6) is 5.75 Å². The first-order valence-electron chi connectivity index (χ1n) is 9.36. The second-order valence-electron chi connectivity index (χ2n) is 6.83. The quantitative estimate of drug-likeness (QED) is 0.353. The fourth-order valence-electron chi connectivity index (χ4n) is 3.00. The van der Waals surface area contributed by atoms with Crippen LogP contribution in [-0.2, 0) is 0 Å². The number of anilines is 1. The number of fused-ring (bicyclic) bond motifs is 1. The van der Waals surface area contributed by atoms with Crippen molar-refractivity contribution in [2.45, 2.75) is 6.92 Å². The average Bonchev–Trinajstić information content (AvgIpc) is 3.17. The van der Waals surface area contributed by atoms with Crippen LogP contribution in [0.3, 0.4) is 0 Å². The van der Waals surface area contributed by atoms with Gasteiger partial charge in [-0.25, -0.2) is 4.98 Å². The molecule has 0 radical (unpaired) electrons. The van der Waals surface area contributed by atoms with E-state index in [0.717, 1.165) is 27.9 Å². The van der Waals surface area contributed by atoms with E-state index in [4.69, 9.17) is 21.4 Å². The monoisotopic (exact) mass is 495 g/mol. The zero-order valence-electron chi connectivity index (χ0n) is 16.7. The molecule has 0 aliphatic rings. The summed E-state index contributed by atoms with van der Waals surface area (Å²) in [6.07, 6.45) is 0. The number of hydrogen-bond donors (Lipinski definition) is 2. The van der Waals surface area contributed by atoms with E-state index in [1.54, 1.807) is 25.3 Å². The number of nitrogens with zero attached hydrogens (tertiary/aromatic N) is 1. The molecule has 0 saturated carbocycles. The van der Waals surface area contributed by atoms with Crippen LogP contribution in [0.1, 0.15) is 15.9 Å². The SMILES string of the molecule is COc1ccc(C(=O)NC(=S)Nc2ccc(-c3nc4cc(C)ccc4o3)cc2)cc1Br. The third-order valence-electron chi connectivity index (χ3n) is 4.57. The molecule has 31 heavy (non-hydrogen) atoms. The van der Waals surface area contributed by atoms with E-state index >= 15 is 0 Å². The molecule has 0 atom stereocenters. The number of aryl methyl sites for hydroxylation is 1. The molecule has 0 unspecified atom stereocenters. The maximum absolute atomic E-state index is 12.4. The first kappa shape index (κ1) is 21.0. The molecule has 0 fully saturated rings. The number of halogens is 1. The molecular weight excluding hydrogens is 478 g/mol. The van der Waals surface area contributed by atoms with Gasteiger partial charge in [0.2, 0.25) is 5.89 Å². The first-order valence-corrected chi connectivity index (χ1v) is 10.6. The highest BCUT2D eigenvalue weighted by atomic mass is 79.9. The predicted octanol–water partition coefficient (Wildman–Crippen LogP) is 5.70. The Morgan fingerprint density at radius 1 is 1.10 bits per heavy atom. The molecule has 4 aromatic rings. The average molecular weight is 496 g/mol. The minimum Gasteiger partial charge on any atom is -0.496 e. The van der Waals surface area contributed by atoms with E-state index in [0.29, 0.717) is 21.7 Å². The van der Waals surface area contributed by atoms with E-state index in [1.807, 2.05) is 49.4 Å². The maximum Gasteiger partial charge on any atom is 0.257 e. The molecule has 4 rings (SSSR count). The molecule has 1 amide bonds. The summed E-state index contributed by atoms with van der Waals surface area (Å²) in [5, 5.41) is 5.87. The minimum atomic E-state index is -0.320. The van der Waals surface area contributed by atoms with Crippen molar-refractivity contribution in [2.24, 2.45) is 0 Å². The summed E-state index contributed by atoms with van der Waals surface area (Å²) in [6, 6.07) is 18.4. The molecule has 6 nitrogen and oxygen atoms in total. The molecular formula is C23H18BrN3O3S. The van der Waals surface area contributed by atoms with Gasteiger partial charge in [0, 0.05) is 16.8 Å². The molecule has 156 valence electrons. The van der Waals surface area contributed by atoms with Gasteiger partial charge in [-0.3, -0.25) is 10.1 Å². The summed E-state index contributed by atoms with van der Waals surface area (Å²) in [4.78, 5) is 17.0. The Morgan fingerprint density at radius 2 is 1.87 bits per heavy atom. The van der Waals surface area contributed by atoms with Crippen LogP contribution in [-0.4, -0.2) is 23.1 Å². The minimum absolute atomic E-state index is 0.196. The highest BCUT2D eigenvalue weighted by Gasteiger charge is 2.12. The fourth-order valence-corrected chi connectivity index (χ4v) is 3.75. The Hall–Kier alpha value is -3.23. The van der Waals surface area contributed by atoms with Crippen molar-refractivity contribution in [3.8, 4) is 17.2 Å². The molecule has 1 heterocycles. The number of carbonyl (C=O) groups excluding carboxylic acids is 1. The van der Waals surface area contributed by atoms with Crippen molar-refractivity contribution in [3.05, 3.63) is 76.3 Å². The number of amides is 1. The van der Waals surface area contributed by atoms with Crippen molar-refractivity contribution in [1.29, 1.82) is 0 Å². The largest absolute Gasteiger partial charge is 0.496 e. The Balaban J connectivity index is 1.41. The summed E-state index contributed by atoms with van der Waals surface area (Å²) in [7, 11) is 1.56. The molecule has 0 spiro atoms. The van der Waals surface area contributed by atoms with E-state index in [-0.39, 0.29) is 11.0 Å². The summed E-state index contributed by atoms with van der Waals surface area (Å²) in [6.45, 7) is 2.02. The summed E-state index contributed by atoms with van der Waals surface area (Å²) < 4.78 is 11.7. The van der Waals surface area contributed by atoms with Gasteiger partial charge < -0.3 is 14.5 Å². The first-order chi connectivity index (χ1) is 14.9. The second-order valence-corrected chi connectivity index (χ2v) is 8.09. The number of thiocarbonyl (C=S) groups is 1. The number of hydrogen-bond acceptors (Lipinski definition) is 5. The van der Waals surface area contributed by atoms with Gasteiger partial charge in [0.05, 0.1) is 11.6 Å². The Kier molecular flexibility index (Phi) is 6.01. The fraction of sp³-hybridized carbons (Fsp3) is 0.0870. The van der Waals surface area contributed by atoms with E-state index in [1.165, 1.54) is 0 Å². The molecule has 3 aromatic carbocycles. The van der Waals surface area contributed by atoms with Gasteiger partial charge in [-0.1, -0.05) is 6.07 Å². The highest BCUT2D eigenvalue weighted by molar-refractivity contribution is 9.10. The van der Waals surface area contributed by atoms with Crippen LogP contribution in [0.15, 0.2) is 69.6 Å². The zero-order chi connectivity index (χ0) is 22.0. The lowest BCUT2D eigenvalue weighted by Crippen LogP contribution is -2.34. The predicted molar refractivity (Wildman–Crippen MR) is 129 cm³/mol. The van der Waals surface area contributed by atoms with Crippen LogP contribution in [0.4, 0.5) is 5.69 Å². The molecule has 0 bridgehead atoms. The summed E-state index contributed by atoms with van der Waals surface area (Å²) in [5.74, 6) is 0.874. The number of carbonyl (C=O) groups is 1. The van der Waals surface area contributed by atoms with Crippen molar-refractivity contribution < 1.29 is 13.9 Å². The van der Waals surface area contributed by atoms with Gasteiger partial charge in [-0.05, 0) is 95.2 Å². The lowest BCUT2D eigenvalue weighted by atomic mass is 10.2. The van der Waals surface area contributed by atoms with Gasteiger partial charge in [-0.15, -0.1) is 0 Å². The summed E-state index contributed by atoms with van der Waals surface area (Å²) in [5.41, 5.74) is 4.74. The Bertz CT molecular complexity index is 1290. The van der Waals surface area contributed by atoms with Crippen molar-refractivity contribution in [2.75, 3.05) is 12.4 Å². The number of oxazole rings is 1. The molecule has 2 N–H and O–H groups in total. The van der Waals surface area contributed by atoms with Gasteiger partial charge in [0.25, 0.3) is 5.91 Å². The third-order valence-corrected chi connectivity index (χ3v) is 5.40. The van der Waals surface area contributed by atoms with Crippen molar-refractivity contribution in [1.82, 2.24) is 10.3 Å². The van der Waals surface area contributed by atoms with Crippen LogP contribution < -0.4 is 15.4 Å². The number of ether oxygens (including phenoxy) is 1. The molecule has 8 heteroatoms. The van der Waals surface area contributed by atoms with E-state index < -0.39 is 0 Å². The van der Waals surface area contributed by atoms with E-state index in [9.17, 15) is 4.79 Å². The number of aromatic nitrogens is 1. The lowest BCUT2D eigenvalue weighted by molar-refractivity contribution is 0.0977. The topological polar surface area (TPSA) is 76.4 Å². The smallest absolute Gasteiger partial charge is 0.257 e. The van der Waals surface area contributed by atoms with Gasteiger partial charge in [-0.2, -0.15) is 0 Å². The number of methoxy groups -OCH3 is 1. The van der Waals surface area contributed by atoms with Gasteiger partial charge in [0.15, 0.2) is 10.7 Å². The molecule has 1 aromatic heterocycles.